The first-order valence-electron chi connectivity index (χ1n) is 8.14. The van der Waals surface area contributed by atoms with Crippen molar-refractivity contribution in [2.45, 2.75) is 19.6 Å². The van der Waals surface area contributed by atoms with Gasteiger partial charge in [0, 0.05) is 47.2 Å². The van der Waals surface area contributed by atoms with Gasteiger partial charge >= 0.3 is 0 Å². The van der Waals surface area contributed by atoms with Crippen LogP contribution in [0, 0.1) is 6.92 Å². The van der Waals surface area contributed by atoms with Crippen molar-refractivity contribution in [3.8, 4) is 11.4 Å². The van der Waals surface area contributed by atoms with Gasteiger partial charge in [0.15, 0.2) is 5.82 Å². The van der Waals surface area contributed by atoms with E-state index in [1.165, 1.54) is 5.56 Å². The lowest BCUT2D eigenvalue weighted by Gasteiger charge is -2.13. The number of benzene rings is 2. The number of nitrogens with one attached hydrogen (secondary N) is 1. The molecule has 1 aromatic heterocycles. The highest BCUT2D eigenvalue weighted by Gasteiger charge is 2.10. The first kappa shape index (κ1) is 17.5. The molecule has 1 atom stereocenters. The highest BCUT2D eigenvalue weighted by molar-refractivity contribution is 6.31. The molecular formula is C20H20ClN3O. The van der Waals surface area contributed by atoms with E-state index in [1.807, 2.05) is 43.3 Å². The molecule has 0 aliphatic carbocycles. The zero-order chi connectivity index (χ0) is 17.6. The summed E-state index contributed by atoms with van der Waals surface area (Å²) in [6.45, 7) is 3.03. The van der Waals surface area contributed by atoms with E-state index < -0.39 is 6.10 Å². The molecule has 128 valence electrons. The maximum absolute atomic E-state index is 10.2. The smallest absolute Gasteiger partial charge is 0.159 e. The molecule has 5 heteroatoms. The van der Waals surface area contributed by atoms with Crippen molar-refractivity contribution in [3.05, 3.63) is 82.6 Å². The molecule has 4 nitrogen and oxygen atoms in total. The Morgan fingerprint density at radius 3 is 2.56 bits per heavy atom. The number of hydrogen-bond acceptors (Lipinski definition) is 4. The number of aliphatic hydroxyl groups is 1. The van der Waals surface area contributed by atoms with E-state index >= 15 is 0 Å². The third kappa shape index (κ3) is 4.63. The fourth-order valence-electron chi connectivity index (χ4n) is 2.59. The van der Waals surface area contributed by atoms with Gasteiger partial charge in [-0.2, -0.15) is 0 Å². The molecule has 1 heterocycles. The van der Waals surface area contributed by atoms with Crippen LogP contribution in [0.3, 0.4) is 0 Å². The summed E-state index contributed by atoms with van der Waals surface area (Å²) < 4.78 is 0. The van der Waals surface area contributed by atoms with Crippen LogP contribution in [-0.2, 0) is 6.54 Å². The lowest BCUT2D eigenvalue weighted by atomic mass is 10.1. The molecular weight excluding hydrogens is 334 g/mol. The summed E-state index contributed by atoms with van der Waals surface area (Å²) >= 11 is 6.09. The fourth-order valence-corrected chi connectivity index (χ4v) is 2.85. The minimum atomic E-state index is -0.652. The molecule has 0 spiro atoms. The van der Waals surface area contributed by atoms with Gasteiger partial charge in [-0.25, -0.2) is 9.97 Å². The highest BCUT2D eigenvalue weighted by atomic mass is 35.5. The molecule has 0 fully saturated rings. The average Bonchev–Trinajstić information content (AvgIpc) is 2.62. The van der Waals surface area contributed by atoms with Crippen molar-refractivity contribution < 1.29 is 5.11 Å². The summed E-state index contributed by atoms with van der Waals surface area (Å²) in [4.78, 5) is 8.85. The van der Waals surface area contributed by atoms with E-state index in [1.54, 1.807) is 18.5 Å². The van der Waals surface area contributed by atoms with Gasteiger partial charge in [0.05, 0.1) is 6.10 Å². The van der Waals surface area contributed by atoms with Gasteiger partial charge in [0.2, 0.25) is 0 Å². The Morgan fingerprint density at radius 1 is 1.08 bits per heavy atom. The van der Waals surface area contributed by atoms with Gasteiger partial charge < -0.3 is 10.4 Å². The van der Waals surface area contributed by atoms with E-state index in [0.29, 0.717) is 23.9 Å². The minimum absolute atomic E-state index is 0.406. The van der Waals surface area contributed by atoms with Crippen LogP contribution in [0.5, 0.6) is 0 Å². The molecule has 3 aromatic rings. The SMILES string of the molecule is Cc1cccc(-c2ncc(CNC[C@H](O)c3ccccc3Cl)cn2)c1. The van der Waals surface area contributed by atoms with Crippen molar-refractivity contribution >= 4 is 11.6 Å². The Kier molecular flexibility index (Phi) is 5.76. The molecule has 0 bridgehead atoms. The average molecular weight is 354 g/mol. The Balaban J connectivity index is 1.56. The van der Waals surface area contributed by atoms with Crippen LogP contribution >= 0.6 is 11.6 Å². The van der Waals surface area contributed by atoms with Crippen LogP contribution in [0.15, 0.2) is 60.9 Å². The summed E-state index contributed by atoms with van der Waals surface area (Å²) in [5.41, 5.74) is 3.87. The van der Waals surface area contributed by atoms with Gasteiger partial charge in [0.25, 0.3) is 0 Å². The van der Waals surface area contributed by atoms with Gasteiger partial charge in [0.1, 0.15) is 0 Å². The van der Waals surface area contributed by atoms with Gasteiger partial charge in [-0.05, 0) is 19.1 Å². The normalized spacial score (nSPS) is 12.1. The van der Waals surface area contributed by atoms with E-state index in [4.69, 9.17) is 11.6 Å². The first-order valence-corrected chi connectivity index (χ1v) is 8.52. The van der Waals surface area contributed by atoms with Crippen molar-refractivity contribution in [2.24, 2.45) is 0 Å². The molecule has 0 aliphatic heterocycles. The fraction of sp³-hybridized carbons (Fsp3) is 0.200. The summed E-state index contributed by atoms with van der Waals surface area (Å²) in [6.07, 6.45) is 2.96. The zero-order valence-corrected chi connectivity index (χ0v) is 14.7. The predicted octanol–water partition coefficient (Wildman–Crippen LogP) is 3.93. The van der Waals surface area contributed by atoms with E-state index in [0.717, 1.165) is 16.7 Å². The monoisotopic (exact) mass is 353 g/mol. The standard InChI is InChI=1S/C20H20ClN3O/c1-14-5-4-6-16(9-14)20-23-11-15(12-24-20)10-22-13-19(25)17-7-2-3-8-18(17)21/h2-9,11-12,19,22,25H,10,13H2,1H3/t19-/m0/s1. The molecule has 0 unspecified atom stereocenters. The number of rotatable bonds is 6. The van der Waals surface area contributed by atoms with E-state index in [-0.39, 0.29) is 0 Å². The first-order chi connectivity index (χ1) is 12.1. The van der Waals surface area contributed by atoms with Crippen molar-refractivity contribution in [2.75, 3.05) is 6.54 Å². The van der Waals surface area contributed by atoms with Gasteiger partial charge in [-0.1, -0.05) is 53.6 Å². The van der Waals surface area contributed by atoms with Crippen LogP contribution in [0.2, 0.25) is 5.02 Å². The topological polar surface area (TPSA) is 58.0 Å². The lowest BCUT2D eigenvalue weighted by Crippen LogP contribution is -2.21. The van der Waals surface area contributed by atoms with Crippen molar-refractivity contribution in [3.63, 3.8) is 0 Å². The number of hydrogen-bond donors (Lipinski definition) is 2. The number of aryl methyl sites for hydroxylation is 1. The summed E-state index contributed by atoms with van der Waals surface area (Å²) in [5.74, 6) is 0.712. The maximum Gasteiger partial charge on any atom is 0.159 e. The molecule has 2 aromatic carbocycles. The second-order valence-electron chi connectivity index (χ2n) is 5.95. The predicted molar refractivity (Wildman–Crippen MR) is 100 cm³/mol. The molecule has 0 saturated heterocycles. The molecule has 25 heavy (non-hydrogen) atoms. The van der Waals surface area contributed by atoms with Crippen LogP contribution in [0.4, 0.5) is 0 Å². The Morgan fingerprint density at radius 2 is 1.84 bits per heavy atom. The number of nitrogens with zero attached hydrogens (tertiary/aromatic N) is 2. The molecule has 0 radical (unpaired) electrons. The lowest BCUT2D eigenvalue weighted by molar-refractivity contribution is 0.174. The quantitative estimate of drug-likeness (QED) is 0.705. The molecule has 0 saturated carbocycles. The van der Waals surface area contributed by atoms with Crippen LogP contribution < -0.4 is 5.32 Å². The molecule has 2 N–H and O–H groups in total. The number of aliphatic hydroxyl groups excluding tert-OH is 1. The molecule has 0 amide bonds. The van der Waals surface area contributed by atoms with Crippen LogP contribution in [0.1, 0.15) is 22.8 Å². The van der Waals surface area contributed by atoms with Crippen LogP contribution in [0.25, 0.3) is 11.4 Å². The van der Waals surface area contributed by atoms with Gasteiger partial charge in [-0.3, -0.25) is 0 Å². The van der Waals surface area contributed by atoms with Crippen molar-refractivity contribution in [1.29, 1.82) is 0 Å². The maximum atomic E-state index is 10.2. The molecule has 0 aliphatic rings. The third-order valence-corrected chi connectivity index (χ3v) is 4.26. The van der Waals surface area contributed by atoms with Crippen molar-refractivity contribution in [1.82, 2.24) is 15.3 Å². The molecule has 3 rings (SSSR count). The largest absolute Gasteiger partial charge is 0.387 e. The second kappa shape index (κ2) is 8.21. The van der Waals surface area contributed by atoms with E-state index in [2.05, 4.69) is 21.4 Å². The van der Waals surface area contributed by atoms with Crippen LogP contribution in [-0.4, -0.2) is 21.6 Å². The number of halogens is 1. The zero-order valence-electron chi connectivity index (χ0n) is 14.0. The summed E-state index contributed by atoms with van der Waals surface area (Å²) in [6, 6.07) is 15.4. The van der Waals surface area contributed by atoms with Gasteiger partial charge in [-0.15, -0.1) is 0 Å². The minimum Gasteiger partial charge on any atom is -0.387 e. The Hall–Kier alpha value is -2.27. The third-order valence-electron chi connectivity index (χ3n) is 3.91. The number of aromatic nitrogens is 2. The Labute approximate surface area is 152 Å². The summed E-state index contributed by atoms with van der Waals surface area (Å²) in [5, 5.41) is 14.0. The highest BCUT2D eigenvalue weighted by Crippen LogP contribution is 2.22. The Bertz CT molecular complexity index is 836. The van der Waals surface area contributed by atoms with E-state index in [9.17, 15) is 5.11 Å². The summed E-state index contributed by atoms with van der Waals surface area (Å²) in [7, 11) is 0. The second-order valence-corrected chi connectivity index (χ2v) is 6.36.